The Labute approximate surface area is 135 Å². The molecular weight excluding hydrogens is 331 g/mol. The fourth-order valence-electron chi connectivity index (χ4n) is 2.47. The lowest BCUT2D eigenvalue weighted by Gasteiger charge is -2.20. The Morgan fingerprint density at radius 1 is 1.26 bits per heavy atom. The lowest BCUT2D eigenvalue weighted by atomic mass is 10.3. The standard InChI is InChI=1S/C15H13ClF3N3O/c16-12-8-20-4-2-13(12)23-11-3-6-22(9-11)10-1-5-21-14(7-10)15(17,18)19/h1-2,4-5,7-8,11H,3,6,9H2. The third-order valence-corrected chi connectivity index (χ3v) is 3.86. The summed E-state index contributed by atoms with van der Waals surface area (Å²) < 4.78 is 44.0. The number of ether oxygens (including phenoxy) is 1. The van der Waals surface area contributed by atoms with Gasteiger partial charge in [-0.15, -0.1) is 0 Å². The number of halogens is 4. The highest BCUT2D eigenvalue weighted by Crippen LogP contribution is 2.32. The Morgan fingerprint density at radius 3 is 2.83 bits per heavy atom. The van der Waals surface area contributed by atoms with Gasteiger partial charge in [0.15, 0.2) is 0 Å². The minimum Gasteiger partial charge on any atom is -0.487 e. The van der Waals surface area contributed by atoms with Crippen LogP contribution in [0.25, 0.3) is 0 Å². The predicted molar refractivity (Wildman–Crippen MR) is 79.7 cm³/mol. The predicted octanol–water partition coefficient (Wildman–Crippen LogP) is 3.81. The van der Waals surface area contributed by atoms with Gasteiger partial charge in [-0.05, 0) is 12.1 Å². The van der Waals surface area contributed by atoms with Crippen LogP contribution in [-0.4, -0.2) is 29.2 Å². The largest absolute Gasteiger partial charge is 0.487 e. The minimum atomic E-state index is -4.45. The van der Waals surface area contributed by atoms with Crippen LogP contribution in [0.2, 0.25) is 5.02 Å². The summed E-state index contributed by atoms with van der Waals surface area (Å²) in [6, 6.07) is 4.29. The lowest BCUT2D eigenvalue weighted by Crippen LogP contribution is -2.25. The quantitative estimate of drug-likeness (QED) is 0.849. The van der Waals surface area contributed by atoms with E-state index in [0.717, 1.165) is 6.07 Å². The van der Waals surface area contributed by atoms with Crippen molar-refractivity contribution in [1.29, 1.82) is 0 Å². The van der Waals surface area contributed by atoms with Crippen LogP contribution in [0.3, 0.4) is 0 Å². The summed E-state index contributed by atoms with van der Waals surface area (Å²) in [6.45, 7) is 1.09. The number of nitrogens with zero attached hydrogens (tertiary/aromatic N) is 3. The highest BCUT2D eigenvalue weighted by atomic mass is 35.5. The fraction of sp³-hybridized carbons (Fsp3) is 0.333. The van der Waals surface area contributed by atoms with Crippen LogP contribution in [0.4, 0.5) is 18.9 Å². The number of hydrogen-bond donors (Lipinski definition) is 0. The first-order valence-electron chi connectivity index (χ1n) is 6.98. The SMILES string of the molecule is FC(F)(F)c1cc(N2CCC(Oc3ccncc3Cl)C2)ccn1. The summed E-state index contributed by atoms with van der Waals surface area (Å²) >= 11 is 5.99. The molecule has 3 heterocycles. The van der Waals surface area contributed by atoms with E-state index in [1.54, 1.807) is 18.3 Å². The molecule has 3 rings (SSSR count). The zero-order valence-corrected chi connectivity index (χ0v) is 12.7. The molecule has 1 aliphatic heterocycles. The molecule has 0 N–H and O–H groups in total. The van der Waals surface area contributed by atoms with Gasteiger partial charge in [-0.3, -0.25) is 9.97 Å². The van der Waals surface area contributed by atoms with Gasteiger partial charge in [0, 0.05) is 43.3 Å². The average molecular weight is 344 g/mol. The molecule has 0 spiro atoms. The van der Waals surface area contributed by atoms with E-state index in [-0.39, 0.29) is 6.10 Å². The fourth-order valence-corrected chi connectivity index (χ4v) is 2.63. The zero-order valence-electron chi connectivity index (χ0n) is 11.9. The molecule has 2 aromatic rings. The van der Waals surface area contributed by atoms with Gasteiger partial charge in [-0.1, -0.05) is 11.6 Å². The van der Waals surface area contributed by atoms with Crippen LogP contribution in [-0.2, 0) is 6.18 Å². The summed E-state index contributed by atoms with van der Waals surface area (Å²) in [5.74, 6) is 0.527. The van der Waals surface area contributed by atoms with Crippen molar-refractivity contribution >= 4 is 17.3 Å². The van der Waals surface area contributed by atoms with E-state index in [4.69, 9.17) is 16.3 Å². The molecule has 0 aliphatic carbocycles. The van der Waals surface area contributed by atoms with E-state index in [9.17, 15) is 13.2 Å². The van der Waals surface area contributed by atoms with Crippen LogP contribution < -0.4 is 9.64 Å². The maximum atomic E-state index is 12.7. The van der Waals surface area contributed by atoms with Crippen LogP contribution in [0, 0.1) is 0 Å². The maximum absolute atomic E-state index is 12.7. The minimum absolute atomic E-state index is 0.141. The van der Waals surface area contributed by atoms with Crippen LogP contribution >= 0.6 is 11.6 Å². The van der Waals surface area contributed by atoms with Gasteiger partial charge >= 0.3 is 6.18 Å². The van der Waals surface area contributed by atoms with Crippen molar-refractivity contribution in [2.75, 3.05) is 18.0 Å². The topological polar surface area (TPSA) is 38.2 Å². The Kier molecular flexibility index (Phi) is 4.30. The van der Waals surface area contributed by atoms with Gasteiger partial charge in [-0.2, -0.15) is 13.2 Å². The average Bonchev–Trinajstić information content (AvgIpc) is 2.98. The monoisotopic (exact) mass is 343 g/mol. The number of hydrogen-bond acceptors (Lipinski definition) is 4. The molecule has 0 amide bonds. The summed E-state index contributed by atoms with van der Waals surface area (Å²) in [5, 5.41) is 0.411. The molecule has 0 radical (unpaired) electrons. The maximum Gasteiger partial charge on any atom is 0.433 e. The van der Waals surface area contributed by atoms with Crippen molar-refractivity contribution in [2.24, 2.45) is 0 Å². The summed E-state index contributed by atoms with van der Waals surface area (Å²) in [4.78, 5) is 9.10. The molecule has 2 aromatic heterocycles. The second kappa shape index (κ2) is 6.23. The van der Waals surface area contributed by atoms with Crippen molar-refractivity contribution in [3.8, 4) is 5.75 Å². The van der Waals surface area contributed by atoms with E-state index >= 15 is 0 Å². The highest BCUT2D eigenvalue weighted by Gasteiger charge is 2.33. The number of aromatic nitrogens is 2. The summed E-state index contributed by atoms with van der Waals surface area (Å²) in [5.41, 5.74) is -0.407. The molecule has 122 valence electrons. The van der Waals surface area contributed by atoms with Gasteiger partial charge in [0.25, 0.3) is 0 Å². The first kappa shape index (κ1) is 15.9. The Hall–Kier alpha value is -2.02. The van der Waals surface area contributed by atoms with E-state index in [1.807, 2.05) is 4.90 Å². The lowest BCUT2D eigenvalue weighted by molar-refractivity contribution is -0.141. The molecule has 1 saturated heterocycles. The first-order valence-corrected chi connectivity index (χ1v) is 7.35. The first-order chi connectivity index (χ1) is 10.9. The second-order valence-electron chi connectivity index (χ2n) is 5.18. The molecule has 1 aliphatic rings. The molecule has 1 fully saturated rings. The van der Waals surface area contributed by atoms with E-state index in [1.165, 1.54) is 12.4 Å². The van der Waals surface area contributed by atoms with Gasteiger partial charge in [0.1, 0.15) is 22.6 Å². The van der Waals surface area contributed by atoms with Crippen molar-refractivity contribution in [2.45, 2.75) is 18.7 Å². The number of pyridine rings is 2. The van der Waals surface area contributed by atoms with Gasteiger partial charge in [-0.25, -0.2) is 0 Å². The third-order valence-electron chi connectivity index (χ3n) is 3.57. The molecule has 0 aromatic carbocycles. The van der Waals surface area contributed by atoms with Gasteiger partial charge in [0.2, 0.25) is 0 Å². The number of rotatable bonds is 3. The van der Waals surface area contributed by atoms with Crippen LogP contribution in [0.15, 0.2) is 36.8 Å². The van der Waals surface area contributed by atoms with E-state index in [2.05, 4.69) is 9.97 Å². The molecule has 1 unspecified atom stereocenters. The molecule has 4 nitrogen and oxygen atoms in total. The smallest absolute Gasteiger partial charge is 0.433 e. The molecular formula is C15H13ClF3N3O. The van der Waals surface area contributed by atoms with Crippen molar-refractivity contribution in [1.82, 2.24) is 9.97 Å². The normalized spacial score (nSPS) is 18.3. The molecule has 0 bridgehead atoms. The van der Waals surface area contributed by atoms with Gasteiger partial charge < -0.3 is 9.64 Å². The molecule has 23 heavy (non-hydrogen) atoms. The third kappa shape index (κ3) is 3.67. The van der Waals surface area contributed by atoms with E-state index in [0.29, 0.717) is 36.0 Å². The Morgan fingerprint density at radius 2 is 2.09 bits per heavy atom. The number of alkyl halides is 3. The van der Waals surface area contributed by atoms with Crippen molar-refractivity contribution in [3.05, 3.63) is 47.5 Å². The van der Waals surface area contributed by atoms with E-state index < -0.39 is 11.9 Å². The van der Waals surface area contributed by atoms with Crippen molar-refractivity contribution < 1.29 is 17.9 Å². The Bertz CT molecular complexity index is 696. The Balaban J connectivity index is 1.69. The number of anilines is 1. The highest BCUT2D eigenvalue weighted by molar-refractivity contribution is 6.31. The van der Waals surface area contributed by atoms with Crippen LogP contribution in [0.1, 0.15) is 12.1 Å². The molecule has 1 atom stereocenters. The summed E-state index contributed by atoms with van der Waals surface area (Å²) in [7, 11) is 0. The zero-order chi connectivity index (χ0) is 16.4. The second-order valence-corrected chi connectivity index (χ2v) is 5.58. The van der Waals surface area contributed by atoms with Gasteiger partial charge in [0.05, 0.1) is 6.54 Å². The molecule has 8 heteroatoms. The van der Waals surface area contributed by atoms with Crippen molar-refractivity contribution in [3.63, 3.8) is 0 Å². The summed E-state index contributed by atoms with van der Waals surface area (Å²) in [6.07, 6.45) is 0.344. The molecule has 0 saturated carbocycles. The van der Waals surface area contributed by atoms with Crippen LogP contribution in [0.5, 0.6) is 5.75 Å².